The number of hydrogen-bond donors (Lipinski definition) is 2. The first kappa shape index (κ1) is 23.1. The summed E-state index contributed by atoms with van der Waals surface area (Å²) in [6, 6.07) is 22.9. The Morgan fingerprint density at radius 2 is 1.60 bits per heavy atom. The van der Waals surface area contributed by atoms with Gasteiger partial charge in [-0.2, -0.15) is 4.98 Å². The van der Waals surface area contributed by atoms with Crippen LogP contribution in [-0.4, -0.2) is 42.6 Å². The Bertz CT molecular complexity index is 1320. The van der Waals surface area contributed by atoms with Crippen LogP contribution in [-0.2, 0) is 11.2 Å². The lowest BCUT2D eigenvalue weighted by Crippen LogP contribution is -2.34. The van der Waals surface area contributed by atoms with Crippen molar-refractivity contribution >= 4 is 39.3 Å². The maximum atomic E-state index is 12.7. The summed E-state index contributed by atoms with van der Waals surface area (Å²) in [5.41, 5.74) is 2.04. The molecular weight excluding hydrogens is 434 g/mol. The van der Waals surface area contributed by atoms with Gasteiger partial charge in [0.2, 0.25) is 11.9 Å². The van der Waals surface area contributed by atoms with Crippen molar-refractivity contribution in [3.63, 3.8) is 0 Å². The Morgan fingerprint density at radius 1 is 0.886 bits per heavy atom. The van der Waals surface area contributed by atoms with Crippen LogP contribution in [0.5, 0.6) is 0 Å². The maximum Gasteiger partial charge on any atom is 0.225 e. The highest BCUT2D eigenvalue weighted by atomic mass is 16.1. The van der Waals surface area contributed by atoms with Gasteiger partial charge in [-0.3, -0.25) is 4.79 Å². The molecule has 0 radical (unpaired) electrons. The summed E-state index contributed by atoms with van der Waals surface area (Å²) in [7, 11) is 4.02. The van der Waals surface area contributed by atoms with Crippen LogP contribution >= 0.6 is 0 Å². The number of fused-ring (bicyclic) bond motifs is 2. The Balaban J connectivity index is 1.13. The largest absolute Gasteiger partial charge is 0.362 e. The molecule has 35 heavy (non-hydrogen) atoms. The number of carbonyl (C=O) groups is 1. The van der Waals surface area contributed by atoms with Crippen LogP contribution in [0, 0.1) is 5.92 Å². The highest BCUT2D eigenvalue weighted by Gasteiger charge is 2.23. The predicted octanol–water partition coefficient (Wildman–Crippen LogP) is 5.18. The molecule has 5 rings (SSSR count). The van der Waals surface area contributed by atoms with Gasteiger partial charge in [0.05, 0.1) is 11.9 Å². The smallest absolute Gasteiger partial charge is 0.225 e. The van der Waals surface area contributed by atoms with Gasteiger partial charge in [0, 0.05) is 32.1 Å². The van der Waals surface area contributed by atoms with Gasteiger partial charge in [-0.25, -0.2) is 4.98 Å². The minimum atomic E-state index is 0.0994. The molecule has 0 bridgehead atoms. The first-order valence-corrected chi connectivity index (χ1v) is 12.5. The molecule has 1 aromatic heterocycles. The zero-order valence-electron chi connectivity index (χ0n) is 20.5. The summed E-state index contributed by atoms with van der Waals surface area (Å²) in [4.78, 5) is 24.2. The molecule has 1 amide bonds. The molecule has 6 nitrogen and oxygen atoms in total. The van der Waals surface area contributed by atoms with Crippen molar-refractivity contribution in [2.24, 2.45) is 5.92 Å². The molecule has 1 heterocycles. The summed E-state index contributed by atoms with van der Waals surface area (Å²) in [5.74, 6) is 2.24. The van der Waals surface area contributed by atoms with E-state index in [-0.39, 0.29) is 5.91 Å². The number of hydrogen-bond acceptors (Lipinski definition) is 5. The maximum absolute atomic E-state index is 12.7. The van der Waals surface area contributed by atoms with Gasteiger partial charge in [-0.05, 0) is 60.1 Å². The molecule has 1 aliphatic carbocycles. The van der Waals surface area contributed by atoms with Crippen molar-refractivity contribution in [3.8, 4) is 0 Å². The summed E-state index contributed by atoms with van der Waals surface area (Å²) < 4.78 is 0. The standard InChI is InChI=1S/C29H33N5O/c1-34(2)28-25-12-5-6-13-26(25)32-29(33-28)31-23-16-14-20(15-17-23)19-30-27(35)18-22-10-7-9-21-8-3-4-11-24(21)22/h3-13,20,23H,14-19H2,1-2H3,(H,30,35)(H,31,32,33). The van der Waals surface area contributed by atoms with Crippen molar-refractivity contribution < 1.29 is 4.79 Å². The zero-order chi connectivity index (χ0) is 24.2. The third-order valence-electron chi connectivity index (χ3n) is 7.01. The predicted molar refractivity (Wildman–Crippen MR) is 144 cm³/mol. The van der Waals surface area contributed by atoms with Crippen LogP contribution in [0.25, 0.3) is 21.7 Å². The molecule has 3 aromatic carbocycles. The van der Waals surface area contributed by atoms with E-state index in [1.807, 2.05) is 55.4 Å². The van der Waals surface area contributed by atoms with E-state index >= 15 is 0 Å². The second-order valence-electron chi connectivity index (χ2n) is 9.76. The summed E-state index contributed by atoms with van der Waals surface area (Å²) in [6.07, 6.45) is 4.70. The van der Waals surface area contributed by atoms with Crippen LogP contribution in [0.15, 0.2) is 66.7 Å². The van der Waals surface area contributed by atoms with Crippen molar-refractivity contribution in [2.45, 2.75) is 38.1 Å². The fourth-order valence-electron chi connectivity index (χ4n) is 5.10. The fraction of sp³-hybridized carbons (Fsp3) is 0.345. The van der Waals surface area contributed by atoms with Gasteiger partial charge in [-0.1, -0.05) is 54.6 Å². The van der Waals surface area contributed by atoms with E-state index in [2.05, 4.69) is 41.0 Å². The molecule has 1 saturated carbocycles. The molecule has 4 aromatic rings. The normalized spacial score (nSPS) is 17.9. The van der Waals surface area contributed by atoms with E-state index in [1.54, 1.807) is 0 Å². The molecule has 0 spiro atoms. The molecule has 0 saturated heterocycles. The summed E-state index contributed by atoms with van der Waals surface area (Å²) in [5, 5.41) is 10.1. The average Bonchev–Trinajstić information content (AvgIpc) is 2.88. The van der Waals surface area contributed by atoms with Crippen molar-refractivity contribution in [1.82, 2.24) is 15.3 Å². The topological polar surface area (TPSA) is 70.2 Å². The molecule has 6 heteroatoms. The molecule has 1 fully saturated rings. The lowest BCUT2D eigenvalue weighted by molar-refractivity contribution is -0.120. The Hall–Kier alpha value is -3.67. The summed E-state index contributed by atoms with van der Waals surface area (Å²) in [6.45, 7) is 0.744. The van der Waals surface area contributed by atoms with Crippen LogP contribution in [0.3, 0.4) is 0 Å². The molecule has 0 unspecified atom stereocenters. The van der Waals surface area contributed by atoms with Gasteiger partial charge < -0.3 is 15.5 Å². The Labute approximate surface area is 206 Å². The number of para-hydroxylation sites is 1. The van der Waals surface area contributed by atoms with Gasteiger partial charge >= 0.3 is 0 Å². The number of rotatable bonds is 7. The number of aromatic nitrogens is 2. The second-order valence-corrected chi connectivity index (χ2v) is 9.76. The SMILES string of the molecule is CN(C)c1nc(NC2CCC(CNC(=O)Cc3cccc4ccccc34)CC2)nc2ccccc12. The molecule has 1 aliphatic rings. The van der Waals surface area contributed by atoms with E-state index in [4.69, 9.17) is 9.97 Å². The van der Waals surface area contributed by atoms with Crippen LogP contribution in [0.2, 0.25) is 0 Å². The molecule has 0 aliphatic heterocycles. The van der Waals surface area contributed by atoms with Crippen molar-refractivity contribution in [2.75, 3.05) is 30.9 Å². The lowest BCUT2D eigenvalue weighted by Gasteiger charge is -2.29. The van der Waals surface area contributed by atoms with Crippen LogP contribution < -0.4 is 15.5 Å². The van der Waals surface area contributed by atoms with Crippen molar-refractivity contribution in [3.05, 3.63) is 72.3 Å². The highest BCUT2D eigenvalue weighted by Crippen LogP contribution is 2.28. The number of amides is 1. The monoisotopic (exact) mass is 467 g/mol. The first-order chi connectivity index (χ1) is 17.1. The van der Waals surface area contributed by atoms with E-state index in [9.17, 15) is 4.79 Å². The molecule has 0 atom stereocenters. The Morgan fingerprint density at radius 3 is 2.40 bits per heavy atom. The van der Waals surface area contributed by atoms with E-state index in [0.717, 1.165) is 59.9 Å². The minimum Gasteiger partial charge on any atom is -0.362 e. The van der Waals surface area contributed by atoms with E-state index < -0.39 is 0 Å². The number of anilines is 2. The number of nitrogens with zero attached hydrogens (tertiary/aromatic N) is 3. The summed E-state index contributed by atoms with van der Waals surface area (Å²) >= 11 is 0. The quantitative estimate of drug-likeness (QED) is 0.392. The molecular formula is C29H33N5O. The van der Waals surface area contributed by atoms with Crippen LogP contribution in [0.4, 0.5) is 11.8 Å². The molecule has 2 N–H and O–H groups in total. The van der Waals surface area contributed by atoms with Crippen molar-refractivity contribution in [1.29, 1.82) is 0 Å². The minimum absolute atomic E-state index is 0.0994. The Kier molecular flexibility index (Phi) is 6.80. The third-order valence-corrected chi connectivity index (χ3v) is 7.01. The van der Waals surface area contributed by atoms with Gasteiger partial charge in [0.25, 0.3) is 0 Å². The number of carbonyl (C=O) groups excluding carboxylic acids is 1. The highest BCUT2D eigenvalue weighted by molar-refractivity contribution is 5.91. The van der Waals surface area contributed by atoms with E-state index in [1.165, 1.54) is 5.39 Å². The van der Waals surface area contributed by atoms with Crippen LogP contribution in [0.1, 0.15) is 31.2 Å². The second kappa shape index (κ2) is 10.3. The fourth-order valence-corrected chi connectivity index (χ4v) is 5.10. The molecule has 180 valence electrons. The lowest BCUT2D eigenvalue weighted by atomic mass is 9.86. The van der Waals surface area contributed by atoms with Gasteiger partial charge in [0.1, 0.15) is 5.82 Å². The van der Waals surface area contributed by atoms with Gasteiger partial charge in [-0.15, -0.1) is 0 Å². The van der Waals surface area contributed by atoms with E-state index in [0.29, 0.717) is 24.3 Å². The third kappa shape index (κ3) is 5.37. The average molecular weight is 468 g/mol. The van der Waals surface area contributed by atoms with Gasteiger partial charge in [0.15, 0.2) is 0 Å². The number of nitrogens with one attached hydrogen (secondary N) is 2. The zero-order valence-corrected chi connectivity index (χ0v) is 20.5. The first-order valence-electron chi connectivity index (χ1n) is 12.5. The number of benzene rings is 3.